The van der Waals surface area contributed by atoms with E-state index in [9.17, 15) is 9.18 Å². The van der Waals surface area contributed by atoms with Gasteiger partial charge in [-0.25, -0.2) is 4.39 Å². The molecule has 3 nitrogen and oxygen atoms in total. The van der Waals surface area contributed by atoms with Gasteiger partial charge in [0.05, 0.1) is 0 Å². The second-order valence-electron chi connectivity index (χ2n) is 6.39. The number of rotatable bonds is 9. The van der Waals surface area contributed by atoms with Crippen molar-refractivity contribution in [2.75, 3.05) is 6.54 Å². The number of amides is 1. The number of unbranched alkanes of at least 4 members (excludes halogenated alkanes) is 2. The number of carbonyl (C=O) groups excluding carboxylic acids is 1. The number of carbonyl (C=O) groups is 1. The summed E-state index contributed by atoms with van der Waals surface area (Å²) in [4.78, 5) is 11.9. The van der Waals surface area contributed by atoms with E-state index in [4.69, 9.17) is 4.42 Å². The van der Waals surface area contributed by atoms with Gasteiger partial charge in [-0.1, -0.05) is 33.1 Å². The molecule has 134 valence electrons. The van der Waals surface area contributed by atoms with Gasteiger partial charge in [0.25, 0.3) is 0 Å². The average molecular weight is 343 g/mol. The molecule has 1 atom stereocenters. The van der Waals surface area contributed by atoms with E-state index >= 15 is 0 Å². The summed E-state index contributed by atoms with van der Waals surface area (Å²) in [5.74, 6) is 1.31. The molecule has 0 fully saturated rings. The van der Waals surface area contributed by atoms with Gasteiger partial charge in [-0.2, -0.15) is 0 Å². The lowest BCUT2D eigenvalue weighted by Gasteiger charge is -2.10. The lowest BCUT2D eigenvalue weighted by atomic mass is 10.0. The third-order valence-corrected chi connectivity index (χ3v) is 4.08. The van der Waals surface area contributed by atoms with Crippen molar-refractivity contribution >= 4 is 12.0 Å². The standard InChI is InChI=1S/C21H26FNO2/c1-3-4-5-6-16(2)15-23-21(24)14-12-19-11-13-20(25-19)17-7-9-18(22)10-8-17/h7-14,16H,3-6,15H2,1-2H3,(H,23,24)/b14-12+/t16-/m0/s1. The monoisotopic (exact) mass is 343 g/mol. The summed E-state index contributed by atoms with van der Waals surface area (Å²) in [5, 5.41) is 2.92. The van der Waals surface area contributed by atoms with Crippen molar-refractivity contribution in [3.05, 3.63) is 54.1 Å². The van der Waals surface area contributed by atoms with Crippen LogP contribution in [-0.2, 0) is 4.79 Å². The van der Waals surface area contributed by atoms with Crippen molar-refractivity contribution < 1.29 is 13.6 Å². The lowest BCUT2D eigenvalue weighted by molar-refractivity contribution is -0.116. The Kier molecular flexibility index (Phi) is 7.45. The van der Waals surface area contributed by atoms with Crippen LogP contribution in [0.25, 0.3) is 17.4 Å². The van der Waals surface area contributed by atoms with Crippen molar-refractivity contribution in [2.45, 2.75) is 39.5 Å². The molecule has 1 aromatic carbocycles. The third-order valence-electron chi connectivity index (χ3n) is 4.08. The Morgan fingerprint density at radius 3 is 2.68 bits per heavy atom. The number of hydrogen-bond acceptors (Lipinski definition) is 2. The topological polar surface area (TPSA) is 42.2 Å². The first kappa shape index (κ1) is 19.0. The Morgan fingerprint density at radius 1 is 1.20 bits per heavy atom. The molecule has 1 heterocycles. The van der Waals surface area contributed by atoms with E-state index in [-0.39, 0.29) is 11.7 Å². The summed E-state index contributed by atoms with van der Waals surface area (Å²) in [5.41, 5.74) is 0.798. The van der Waals surface area contributed by atoms with Gasteiger partial charge in [-0.05, 0) is 54.8 Å². The maximum atomic E-state index is 12.9. The highest BCUT2D eigenvalue weighted by Gasteiger charge is 2.05. The SMILES string of the molecule is CCCCC[C@H](C)CNC(=O)/C=C/c1ccc(-c2ccc(F)cc2)o1. The first-order valence-electron chi connectivity index (χ1n) is 8.90. The van der Waals surface area contributed by atoms with Crippen LogP contribution in [0.3, 0.4) is 0 Å². The second kappa shape index (κ2) is 9.82. The normalized spacial score (nSPS) is 12.4. The van der Waals surface area contributed by atoms with Gasteiger partial charge in [0.1, 0.15) is 17.3 Å². The Labute approximate surface area is 148 Å². The van der Waals surface area contributed by atoms with Crippen LogP contribution in [-0.4, -0.2) is 12.5 Å². The fraction of sp³-hybridized carbons (Fsp3) is 0.381. The van der Waals surface area contributed by atoms with Crippen molar-refractivity contribution in [3.63, 3.8) is 0 Å². The second-order valence-corrected chi connectivity index (χ2v) is 6.39. The van der Waals surface area contributed by atoms with Crippen LogP contribution in [0.5, 0.6) is 0 Å². The van der Waals surface area contributed by atoms with E-state index in [1.165, 1.54) is 37.5 Å². The van der Waals surface area contributed by atoms with Crippen LogP contribution in [0.4, 0.5) is 4.39 Å². The lowest BCUT2D eigenvalue weighted by Crippen LogP contribution is -2.26. The van der Waals surface area contributed by atoms with Crippen molar-refractivity contribution in [1.29, 1.82) is 0 Å². The minimum atomic E-state index is -0.281. The van der Waals surface area contributed by atoms with Crippen LogP contribution in [0.15, 0.2) is 46.9 Å². The zero-order chi connectivity index (χ0) is 18.1. The number of halogens is 1. The number of benzene rings is 1. The molecule has 1 amide bonds. The molecular formula is C21H26FNO2. The predicted octanol–water partition coefficient (Wildman–Crippen LogP) is 5.43. The molecule has 2 aromatic rings. The van der Waals surface area contributed by atoms with Crippen LogP contribution in [0.1, 0.15) is 45.3 Å². The first-order chi connectivity index (χ1) is 12.1. The fourth-order valence-electron chi connectivity index (χ4n) is 2.55. The molecule has 0 bridgehead atoms. The molecule has 25 heavy (non-hydrogen) atoms. The molecule has 1 N–H and O–H groups in total. The summed E-state index contributed by atoms with van der Waals surface area (Å²) in [6.45, 7) is 5.03. The van der Waals surface area contributed by atoms with Crippen LogP contribution >= 0.6 is 0 Å². The number of hydrogen-bond donors (Lipinski definition) is 1. The summed E-state index contributed by atoms with van der Waals surface area (Å²) in [6.07, 6.45) is 7.92. The molecule has 2 rings (SSSR count). The van der Waals surface area contributed by atoms with Gasteiger partial charge < -0.3 is 9.73 Å². The molecule has 0 aliphatic carbocycles. The van der Waals surface area contributed by atoms with E-state index in [0.29, 0.717) is 24.0 Å². The quantitative estimate of drug-likeness (QED) is 0.487. The Bertz CT molecular complexity index is 688. The summed E-state index contributed by atoms with van der Waals surface area (Å²) >= 11 is 0. The molecule has 0 saturated heterocycles. The zero-order valence-corrected chi connectivity index (χ0v) is 14.9. The van der Waals surface area contributed by atoms with Crippen molar-refractivity contribution in [1.82, 2.24) is 5.32 Å². The van der Waals surface area contributed by atoms with Crippen LogP contribution in [0.2, 0.25) is 0 Å². The molecule has 0 saturated carbocycles. The Morgan fingerprint density at radius 2 is 1.96 bits per heavy atom. The summed E-state index contributed by atoms with van der Waals surface area (Å²) < 4.78 is 18.6. The van der Waals surface area contributed by atoms with E-state index < -0.39 is 0 Å². The molecule has 4 heteroatoms. The van der Waals surface area contributed by atoms with E-state index in [2.05, 4.69) is 19.2 Å². The molecule has 1 aromatic heterocycles. The highest BCUT2D eigenvalue weighted by molar-refractivity contribution is 5.91. The maximum Gasteiger partial charge on any atom is 0.244 e. The highest BCUT2D eigenvalue weighted by Crippen LogP contribution is 2.23. The van der Waals surface area contributed by atoms with Crippen LogP contribution in [0, 0.1) is 11.7 Å². The van der Waals surface area contributed by atoms with Crippen molar-refractivity contribution in [3.8, 4) is 11.3 Å². The largest absolute Gasteiger partial charge is 0.457 e. The average Bonchev–Trinajstić information content (AvgIpc) is 3.08. The van der Waals surface area contributed by atoms with Gasteiger partial charge in [0.2, 0.25) is 5.91 Å². The fourth-order valence-corrected chi connectivity index (χ4v) is 2.55. The summed E-state index contributed by atoms with van der Waals surface area (Å²) in [7, 11) is 0. The van der Waals surface area contributed by atoms with E-state index in [1.807, 2.05) is 0 Å². The molecule has 0 unspecified atom stereocenters. The first-order valence-corrected chi connectivity index (χ1v) is 8.90. The van der Waals surface area contributed by atoms with Crippen LogP contribution < -0.4 is 5.32 Å². The highest BCUT2D eigenvalue weighted by atomic mass is 19.1. The molecule has 0 spiro atoms. The van der Waals surface area contributed by atoms with Crippen molar-refractivity contribution in [2.24, 2.45) is 5.92 Å². The third kappa shape index (κ3) is 6.57. The molecule has 0 aliphatic rings. The Hall–Kier alpha value is -2.36. The Balaban J connectivity index is 1.81. The zero-order valence-electron chi connectivity index (χ0n) is 14.9. The summed E-state index contributed by atoms with van der Waals surface area (Å²) in [6, 6.07) is 9.70. The molecule has 0 aliphatic heterocycles. The predicted molar refractivity (Wildman–Crippen MR) is 99.5 cm³/mol. The number of furan rings is 1. The smallest absolute Gasteiger partial charge is 0.244 e. The maximum absolute atomic E-state index is 12.9. The van der Waals surface area contributed by atoms with Gasteiger partial charge >= 0.3 is 0 Å². The molecule has 0 radical (unpaired) electrons. The minimum Gasteiger partial charge on any atom is -0.457 e. The number of nitrogens with one attached hydrogen (secondary N) is 1. The van der Waals surface area contributed by atoms with Gasteiger partial charge in [-0.3, -0.25) is 4.79 Å². The minimum absolute atomic E-state index is 0.123. The van der Waals surface area contributed by atoms with Gasteiger partial charge in [0.15, 0.2) is 0 Å². The van der Waals surface area contributed by atoms with E-state index in [0.717, 1.165) is 12.0 Å². The van der Waals surface area contributed by atoms with E-state index in [1.54, 1.807) is 30.3 Å². The molecular weight excluding hydrogens is 317 g/mol. The van der Waals surface area contributed by atoms with Gasteiger partial charge in [0, 0.05) is 18.2 Å². The van der Waals surface area contributed by atoms with Gasteiger partial charge in [-0.15, -0.1) is 0 Å².